The number of hydrogen-bond acceptors (Lipinski definition) is 2. The molecule has 0 saturated heterocycles. The number of halogens is 1. The number of aromatic amines is 1. The molecule has 6 nitrogen and oxygen atoms in total. The van der Waals surface area contributed by atoms with Crippen LogP contribution >= 0.6 is 0 Å². The van der Waals surface area contributed by atoms with Gasteiger partial charge in [0.2, 0.25) is 5.91 Å². The van der Waals surface area contributed by atoms with Gasteiger partial charge in [-0.25, -0.2) is 9.38 Å². The lowest BCUT2D eigenvalue weighted by atomic mass is 9.95. The van der Waals surface area contributed by atoms with Crippen LogP contribution < -0.4 is 16.0 Å². The maximum atomic E-state index is 13.3. The van der Waals surface area contributed by atoms with Crippen molar-refractivity contribution in [1.29, 1.82) is 0 Å². The van der Waals surface area contributed by atoms with Crippen molar-refractivity contribution in [2.75, 3.05) is 19.6 Å². The molecule has 1 amide bonds. The Morgan fingerprint density at radius 2 is 2.07 bits per heavy atom. The Morgan fingerprint density at radius 1 is 1.25 bits per heavy atom. The van der Waals surface area contributed by atoms with Crippen LogP contribution in [0.15, 0.2) is 29.4 Å². The summed E-state index contributed by atoms with van der Waals surface area (Å²) in [7, 11) is 0. The Labute approximate surface area is 165 Å². The first-order chi connectivity index (χ1) is 13.7. The molecular weight excluding hydrogens is 357 g/mol. The predicted molar refractivity (Wildman–Crippen MR) is 111 cm³/mol. The van der Waals surface area contributed by atoms with Gasteiger partial charge in [0.1, 0.15) is 12.4 Å². The molecule has 1 heterocycles. The molecule has 7 heteroatoms. The van der Waals surface area contributed by atoms with E-state index < -0.39 is 0 Å². The third-order valence-corrected chi connectivity index (χ3v) is 5.11. The van der Waals surface area contributed by atoms with Crippen LogP contribution in [0.3, 0.4) is 0 Å². The normalized spacial score (nSPS) is 15.6. The summed E-state index contributed by atoms with van der Waals surface area (Å²) in [6.07, 6.45) is 8.48. The smallest absolute Gasteiger partial charge is 0.242 e. The van der Waals surface area contributed by atoms with Crippen LogP contribution in [-0.4, -0.2) is 42.5 Å². The minimum atomic E-state index is -0.243. The first kappa shape index (κ1) is 20.2. The molecule has 4 N–H and O–H groups in total. The molecule has 0 radical (unpaired) electrons. The number of amides is 1. The number of H-pyrrole nitrogens is 1. The van der Waals surface area contributed by atoms with Gasteiger partial charge < -0.3 is 20.9 Å². The van der Waals surface area contributed by atoms with Crippen molar-refractivity contribution in [3.63, 3.8) is 0 Å². The zero-order valence-electron chi connectivity index (χ0n) is 16.5. The van der Waals surface area contributed by atoms with Crippen LogP contribution in [0.25, 0.3) is 10.9 Å². The number of aliphatic imine (C=N–C) groups is 1. The number of nitrogens with zero attached hydrogens (tertiary/aromatic N) is 1. The first-order valence-electron chi connectivity index (χ1n) is 10.2. The highest BCUT2D eigenvalue weighted by molar-refractivity contribution is 5.85. The summed E-state index contributed by atoms with van der Waals surface area (Å²) in [6.45, 7) is 3.51. The van der Waals surface area contributed by atoms with Gasteiger partial charge in [-0.15, -0.1) is 0 Å². The lowest BCUT2D eigenvalue weighted by molar-refractivity contribution is -0.120. The average Bonchev–Trinajstić information content (AvgIpc) is 3.09. The van der Waals surface area contributed by atoms with Crippen molar-refractivity contribution in [1.82, 2.24) is 20.9 Å². The highest BCUT2D eigenvalue weighted by Gasteiger charge is 2.15. The molecule has 0 atom stereocenters. The van der Waals surface area contributed by atoms with Crippen LogP contribution in [0.1, 0.15) is 44.6 Å². The number of nitrogens with one attached hydrogen (secondary N) is 4. The van der Waals surface area contributed by atoms with Gasteiger partial charge in [0, 0.05) is 36.2 Å². The summed E-state index contributed by atoms with van der Waals surface area (Å²) < 4.78 is 13.3. The molecule has 1 aliphatic carbocycles. The summed E-state index contributed by atoms with van der Waals surface area (Å²) >= 11 is 0. The fourth-order valence-corrected chi connectivity index (χ4v) is 3.69. The van der Waals surface area contributed by atoms with Crippen molar-refractivity contribution < 1.29 is 9.18 Å². The van der Waals surface area contributed by atoms with Crippen molar-refractivity contribution in [2.45, 2.75) is 51.5 Å². The topological polar surface area (TPSA) is 81.3 Å². The molecule has 0 unspecified atom stereocenters. The van der Waals surface area contributed by atoms with Crippen molar-refractivity contribution in [3.8, 4) is 0 Å². The van der Waals surface area contributed by atoms with Crippen molar-refractivity contribution in [2.24, 2.45) is 4.99 Å². The summed E-state index contributed by atoms with van der Waals surface area (Å²) in [4.78, 5) is 19.6. The van der Waals surface area contributed by atoms with E-state index in [2.05, 4.69) is 25.9 Å². The second-order valence-corrected chi connectivity index (χ2v) is 7.28. The van der Waals surface area contributed by atoms with Gasteiger partial charge in [-0.05, 0) is 49.9 Å². The van der Waals surface area contributed by atoms with Crippen molar-refractivity contribution >= 4 is 22.8 Å². The van der Waals surface area contributed by atoms with E-state index in [1.165, 1.54) is 31.4 Å². The van der Waals surface area contributed by atoms with E-state index in [4.69, 9.17) is 0 Å². The lowest BCUT2D eigenvalue weighted by Gasteiger charge is -2.22. The van der Waals surface area contributed by atoms with Crippen LogP contribution in [0.2, 0.25) is 0 Å². The van der Waals surface area contributed by atoms with E-state index in [0.29, 0.717) is 18.5 Å². The highest BCUT2D eigenvalue weighted by Crippen LogP contribution is 2.19. The molecule has 1 aromatic carbocycles. The Kier molecular flexibility index (Phi) is 7.28. The maximum Gasteiger partial charge on any atom is 0.242 e. The molecule has 28 heavy (non-hydrogen) atoms. The summed E-state index contributed by atoms with van der Waals surface area (Å²) in [5.41, 5.74) is 1.92. The summed E-state index contributed by atoms with van der Waals surface area (Å²) in [5.74, 6) is 0.363. The number of benzene rings is 1. The Hall–Kier alpha value is -2.57. The molecule has 3 rings (SSSR count). The largest absolute Gasteiger partial charge is 0.361 e. The molecule has 1 aliphatic rings. The molecule has 152 valence electrons. The monoisotopic (exact) mass is 387 g/mol. The molecule has 1 aromatic heterocycles. The quantitative estimate of drug-likeness (QED) is 0.436. The predicted octanol–water partition coefficient (Wildman–Crippen LogP) is 2.85. The number of rotatable bonds is 7. The summed E-state index contributed by atoms with van der Waals surface area (Å²) in [5, 5.41) is 10.5. The Morgan fingerprint density at radius 3 is 2.86 bits per heavy atom. The third-order valence-electron chi connectivity index (χ3n) is 5.11. The van der Waals surface area contributed by atoms with E-state index in [-0.39, 0.29) is 18.3 Å². The molecule has 1 saturated carbocycles. The fraction of sp³-hybridized carbons (Fsp3) is 0.524. The average molecular weight is 388 g/mol. The van der Waals surface area contributed by atoms with Crippen molar-refractivity contribution in [3.05, 3.63) is 35.8 Å². The van der Waals surface area contributed by atoms with E-state index >= 15 is 0 Å². The highest BCUT2D eigenvalue weighted by atomic mass is 19.1. The molecule has 2 aromatic rings. The molecule has 0 spiro atoms. The van der Waals surface area contributed by atoms with Gasteiger partial charge in [-0.3, -0.25) is 4.79 Å². The maximum absolute atomic E-state index is 13.3. The minimum Gasteiger partial charge on any atom is -0.361 e. The zero-order chi connectivity index (χ0) is 19.8. The number of carbonyl (C=O) groups is 1. The van der Waals surface area contributed by atoms with Crippen LogP contribution in [0.4, 0.5) is 4.39 Å². The van der Waals surface area contributed by atoms with Crippen LogP contribution in [0, 0.1) is 5.82 Å². The van der Waals surface area contributed by atoms with Crippen LogP contribution in [0.5, 0.6) is 0 Å². The van der Waals surface area contributed by atoms with Crippen LogP contribution in [-0.2, 0) is 11.2 Å². The van der Waals surface area contributed by atoms with E-state index in [0.717, 1.165) is 42.3 Å². The van der Waals surface area contributed by atoms with Gasteiger partial charge in [0.25, 0.3) is 0 Å². The standard InChI is InChI=1S/C21H30FN5O/c1-2-23-21(26-14-20(28)27-17-6-4-3-5-7-17)24-11-10-15-13-25-19-12-16(22)8-9-18(15)19/h8-9,12-13,17,25H,2-7,10-11,14H2,1H3,(H,27,28)(H2,23,24,26). The number of fused-ring (bicyclic) bond motifs is 1. The molecule has 1 fully saturated rings. The van der Waals surface area contributed by atoms with Gasteiger partial charge in [0.05, 0.1) is 0 Å². The van der Waals surface area contributed by atoms with E-state index in [9.17, 15) is 9.18 Å². The van der Waals surface area contributed by atoms with Gasteiger partial charge in [-0.2, -0.15) is 0 Å². The third kappa shape index (κ3) is 5.71. The Balaban J connectivity index is 1.49. The fourth-order valence-electron chi connectivity index (χ4n) is 3.69. The van der Waals surface area contributed by atoms with E-state index in [1.807, 2.05) is 13.1 Å². The number of aromatic nitrogens is 1. The van der Waals surface area contributed by atoms with Gasteiger partial charge >= 0.3 is 0 Å². The first-order valence-corrected chi connectivity index (χ1v) is 10.2. The minimum absolute atomic E-state index is 0.0252. The van der Waals surface area contributed by atoms with Gasteiger partial charge in [-0.1, -0.05) is 19.3 Å². The Bertz CT molecular complexity index is 810. The molecule has 0 aliphatic heterocycles. The number of guanidine groups is 1. The van der Waals surface area contributed by atoms with Gasteiger partial charge in [0.15, 0.2) is 5.96 Å². The summed E-state index contributed by atoms with van der Waals surface area (Å²) in [6, 6.07) is 5.08. The lowest BCUT2D eigenvalue weighted by Crippen LogP contribution is -2.41. The number of hydrogen-bond donors (Lipinski definition) is 4. The SMILES string of the molecule is CCNC(=NCC(=O)NC1CCCCC1)NCCc1c[nH]c2cc(F)ccc12. The second-order valence-electron chi connectivity index (χ2n) is 7.28. The molecular formula is C21H30FN5O. The second kappa shape index (κ2) is 10.1. The van der Waals surface area contributed by atoms with E-state index in [1.54, 1.807) is 6.07 Å². The number of carbonyl (C=O) groups excluding carboxylic acids is 1. The zero-order valence-corrected chi connectivity index (χ0v) is 16.5. The molecule has 0 bridgehead atoms.